The van der Waals surface area contributed by atoms with Gasteiger partial charge in [-0.05, 0) is 37.1 Å². The summed E-state index contributed by atoms with van der Waals surface area (Å²) in [6.45, 7) is 1.52. The van der Waals surface area contributed by atoms with E-state index >= 15 is 0 Å². The van der Waals surface area contributed by atoms with Crippen LogP contribution in [0.1, 0.15) is 30.3 Å². The van der Waals surface area contributed by atoms with Crippen molar-refractivity contribution in [2.45, 2.75) is 25.2 Å². The Kier molecular flexibility index (Phi) is 3.89. The standard InChI is InChI=1S/C21H21N5O/c27-20(12-16-14-25-10-4-3-9-19(25)22-16)26-11-5-6-15(13-26)21-23-17-7-1-2-8-18(17)24-21/h1-4,7-10,14-15H,5-6,11-13H2,(H,23,24)/t15-/m1/s1. The van der Waals surface area contributed by atoms with E-state index in [1.807, 2.05) is 64.2 Å². The number of aromatic nitrogens is 4. The average Bonchev–Trinajstić information content (AvgIpc) is 3.31. The van der Waals surface area contributed by atoms with E-state index in [1.165, 1.54) is 0 Å². The Morgan fingerprint density at radius 3 is 2.93 bits per heavy atom. The molecule has 1 aromatic carbocycles. The van der Waals surface area contributed by atoms with Gasteiger partial charge in [-0.15, -0.1) is 0 Å². The van der Waals surface area contributed by atoms with Gasteiger partial charge in [-0.2, -0.15) is 0 Å². The summed E-state index contributed by atoms with van der Waals surface area (Å²) in [5, 5.41) is 0. The molecule has 0 unspecified atom stereocenters. The largest absolute Gasteiger partial charge is 0.342 e. The van der Waals surface area contributed by atoms with Gasteiger partial charge in [-0.1, -0.05) is 18.2 Å². The molecule has 1 saturated heterocycles. The van der Waals surface area contributed by atoms with Gasteiger partial charge in [0.1, 0.15) is 11.5 Å². The first kappa shape index (κ1) is 16.1. The van der Waals surface area contributed by atoms with E-state index in [2.05, 4.69) is 9.97 Å². The zero-order valence-electron chi connectivity index (χ0n) is 15.0. The third kappa shape index (κ3) is 3.07. The van der Waals surface area contributed by atoms with Gasteiger partial charge in [0.25, 0.3) is 0 Å². The van der Waals surface area contributed by atoms with Crippen LogP contribution in [0, 0.1) is 0 Å². The van der Waals surface area contributed by atoms with Crippen LogP contribution >= 0.6 is 0 Å². The molecular weight excluding hydrogens is 338 g/mol. The number of amides is 1. The minimum Gasteiger partial charge on any atom is -0.342 e. The molecule has 1 fully saturated rings. The summed E-state index contributed by atoms with van der Waals surface area (Å²) in [5.41, 5.74) is 3.73. The number of hydrogen-bond donors (Lipinski definition) is 1. The Hall–Kier alpha value is -3.15. The molecule has 4 heterocycles. The van der Waals surface area contributed by atoms with E-state index in [0.29, 0.717) is 13.0 Å². The topological polar surface area (TPSA) is 66.3 Å². The quantitative estimate of drug-likeness (QED) is 0.611. The Balaban J connectivity index is 1.31. The molecule has 1 aliphatic heterocycles. The highest BCUT2D eigenvalue weighted by molar-refractivity contribution is 5.79. The predicted molar refractivity (Wildman–Crippen MR) is 104 cm³/mol. The number of carbonyl (C=O) groups excluding carboxylic acids is 1. The van der Waals surface area contributed by atoms with E-state index in [-0.39, 0.29) is 11.8 Å². The number of H-pyrrole nitrogens is 1. The van der Waals surface area contributed by atoms with Gasteiger partial charge in [-0.3, -0.25) is 4.79 Å². The number of pyridine rings is 1. The van der Waals surface area contributed by atoms with Gasteiger partial charge in [0.05, 0.1) is 23.1 Å². The summed E-state index contributed by atoms with van der Waals surface area (Å²) in [4.78, 5) is 27.5. The molecule has 27 heavy (non-hydrogen) atoms. The van der Waals surface area contributed by atoms with Gasteiger partial charge in [0.15, 0.2) is 0 Å². The molecule has 136 valence electrons. The summed E-state index contributed by atoms with van der Waals surface area (Å²) in [7, 11) is 0. The number of fused-ring (bicyclic) bond motifs is 2. The van der Waals surface area contributed by atoms with Gasteiger partial charge < -0.3 is 14.3 Å². The van der Waals surface area contributed by atoms with Crippen LogP contribution in [0.2, 0.25) is 0 Å². The number of nitrogens with zero attached hydrogens (tertiary/aromatic N) is 4. The number of benzene rings is 1. The van der Waals surface area contributed by atoms with Crippen molar-refractivity contribution < 1.29 is 4.79 Å². The predicted octanol–water partition coefficient (Wildman–Crippen LogP) is 3.16. The lowest BCUT2D eigenvalue weighted by molar-refractivity contribution is -0.131. The highest BCUT2D eigenvalue weighted by Crippen LogP contribution is 2.27. The fraction of sp³-hybridized carbons (Fsp3) is 0.286. The highest BCUT2D eigenvalue weighted by Gasteiger charge is 2.27. The molecule has 1 atom stereocenters. The van der Waals surface area contributed by atoms with Crippen LogP contribution in [0.4, 0.5) is 0 Å². The van der Waals surface area contributed by atoms with Crippen molar-refractivity contribution in [3.63, 3.8) is 0 Å². The third-order valence-corrected chi connectivity index (χ3v) is 5.31. The van der Waals surface area contributed by atoms with Crippen LogP contribution < -0.4 is 0 Å². The van der Waals surface area contributed by atoms with Crippen molar-refractivity contribution in [3.8, 4) is 0 Å². The van der Waals surface area contributed by atoms with Crippen LogP contribution in [-0.2, 0) is 11.2 Å². The normalized spacial score (nSPS) is 17.6. The molecule has 1 amide bonds. The Labute approximate surface area is 156 Å². The number of likely N-dealkylation sites (tertiary alicyclic amines) is 1. The summed E-state index contributed by atoms with van der Waals surface area (Å²) in [6.07, 6.45) is 6.29. The molecule has 0 bridgehead atoms. The first-order chi connectivity index (χ1) is 13.3. The maximum Gasteiger partial charge on any atom is 0.228 e. The van der Waals surface area contributed by atoms with Crippen molar-refractivity contribution in [1.29, 1.82) is 0 Å². The first-order valence-corrected chi connectivity index (χ1v) is 9.41. The molecule has 0 radical (unpaired) electrons. The number of para-hydroxylation sites is 2. The number of nitrogens with one attached hydrogen (secondary N) is 1. The smallest absolute Gasteiger partial charge is 0.228 e. The fourth-order valence-corrected chi connectivity index (χ4v) is 3.93. The lowest BCUT2D eigenvalue weighted by Crippen LogP contribution is -2.40. The maximum atomic E-state index is 12.8. The summed E-state index contributed by atoms with van der Waals surface area (Å²) >= 11 is 0. The van der Waals surface area contributed by atoms with Crippen molar-refractivity contribution in [1.82, 2.24) is 24.3 Å². The lowest BCUT2D eigenvalue weighted by Gasteiger charge is -2.31. The van der Waals surface area contributed by atoms with Gasteiger partial charge in [-0.25, -0.2) is 9.97 Å². The van der Waals surface area contributed by atoms with Crippen LogP contribution in [0.25, 0.3) is 16.7 Å². The van der Waals surface area contributed by atoms with Crippen LogP contribution in [0.3, 0.4) is 0 Å². The molecule has 4 aromatic rings. The zero-order valence-corrected chi connectivity index (χ0v) is 15.0. The zero-order chi connectivity index (χ0) is 18.2. The van der Waals surface area contributed by atoms with Gasteiger partial charge >= 0.3 is 0 Å². The number of carbonyl (C=O) groups is 1. The first-order valence-electron chi connectivity index (χ1n) is 9.41. The SMILES string of the molecule is O=C(Cc1cn2ccccc2n1)N1CCC[C@@H](c2nc3ccccc3[nH]2)C1. The van der Waals surface area contributed by atoms with E-state index in [1.54, 1.807) is 0 Å². The molecule has 0 spiro atoms. The van der Waals surface area contributed by atoms with Gasteiger partial charge in [0.2, 0.25) is 5.91 Å². The number of aromatic amines is 1. The second-order valence-electron chi connectivity index (χ2n) is 7.19. The van der Waals surface area contributed by atoms with Crippen LogP contribution in [-0.4, -0.2) is 43.2 Å². The highest BCUT2D eigenvalue weighted by atomic mass is 16.2. The number of imidazole rings is 2. The Morgan fingerprint density at radius 2 is 2.04 bits per heavy atom. The van der Waals surface area contributed by atoms with E-state index < -0.39 is 0 Å². The number of hydrogen-bond acceptors (Lipinski definition) is 3. The lowest BCUT2D eigenvalue weighted by atomic mass is 9.97. The molecule has 1 aliphatic rings. The molecular formula is C21H21N5O. The van der Waals surface area contributed by atoms with E-state index in [0.717, 1.165) is 47.6 Å². The second-order valence-corrected chi connectivity index (χ2v) is 7.19. The van der Waals surface area contributed by atoms with Gasteiger partial charge in [0, 0.05) is 31.4 Å². The minimum absolute atomic E-state index is 0.138. The number of piperidine rings is 1. The van der Waals surface area contributed by atoms with E-state index in [9.17, 15) is 4.79 Å². The average molecular weight is 359 g/mol. The molecule has 3 aromatic heterocycles. The maximum absolute atomic E-state index is 12.8. The summed E-state index contributed by atoms with van der Waals surface area (Å²) < 4.78 is 1.95. The monoisotopic (exact) mass is 359 g/mol. The van der Waals surface area contributed by atoms with Crippen molar-refractivity contribution in [2.24, 2.45) is 0 Å². The van der Waals surface area contributed by atoms with Crippen molar-refractivity contribution in [3.05, 3.63) is 66.4 Å². The summed E-state index contributed by atoms with van der Waals surface area (Å²) in [6, 6.07) is 13.9. The minimum atomic E-state index is 0.138. The third-order valence-electron chi connectivity index (χ3n) is 5.31. The van der Waals surface area contributed by atoms with Crippen molar-refractivity contribution >= 4 is 22.6 Å². The fourth-order valence-electron chi connectivity index (χ4n) is 3.93. The Bertz CT molecular complexity index is 1050. The summed E-state index contributed by atoms with van der Waals surface area (Å²) in [5.74, 6) is 1.39. The van der Waals surface area contributed by atoms with Crippen LogP contribution in [0.5, 0.6) is 0 Å². The molecule has 5 rings (SSSR count). The van der Waals surface area contributed by atoms with E-state index in [4.69, 9.17) is 4.98 Å². The van der Waals surface area contributed by atoms with Crippen LogP contribution in [0.15, 0.2) is 54.9 Å². The number of rotatable bonds is 3. The molecule has 6 nitrogen and oxygen atoms in total. The molecule has 0 aliphatic carbocycles. The molecule has 6 heteroatoms. The second kappa shape index (κ2) is 6.54. The van der Waals surface area contributed by atoms with Crippen molar-refractivity contribution in [2.75, 3.05) is 13.1 Å². The Morgan fingerprint density at radius 1 is 1.15 bits per heavy atom. The molecule has 1 N–H and O–H groups in total. The molecule has 0 saturated carbocycles.